The summed E-state index contributed by atoms with van der Waals surface area (Å²) in [6.45, 7) is 2.64. The molecule has 1 amide bonds. The molecule has 1 atom stereocenters. The third-order valence-electron chi connectivity index (χ3n) is 3.54. The predicted octanol–water partition coefficient (Wildman–Crippen LogP) is 0.869. The number of carboxylic acids is 1. The highest BCUT2D eigenvalue weighted by atomic mass is 32.1. The van der Waals surface area contributed by atoms with Crippen LogP contribution in [0.15, 0.2) is 6.07 Å². The Morgan fingerprint density at radius 2 is 2.29 bits per heavy atom. The summed E-state index contributed by atoms with van der Waals surface area (Å²) in [5.41, 5.74) is 0.883. The van der Waals surface area contributed by atoms with E-state index in [1.807, 2.05) is 20.0 Å². The molecule has 2 aromatic heterocycles. The fourth-order valence-corrected chi connectivity index (χ4v) is 3.54. The second-order valence-electron chi connectivity index (χ2n) is 4.99. The number of carboxylic acid groups (broad SMARTS) is 1. The molecule has 0 aromatic carbocycles. The molecule has 1 aliphatic rings. The number of carbonyl (C=O) groups excluding carboxylic acids is 1. The van der Waals surface area contributed by atoms with Gasteiger partial charge in [0.1, 0.15) is 4.83 Å². The van der Waals surface area contributed by atoms with E-state index in [9.17, 15) is 9.59 Å². The van der Waals surface area contributed by atoms with E-state index in [0.717, 1.165) is 15.9 Å². The fraction of sp³-hybridized carbons (Fsp3) is 0.462. The van der Waals surface area contributed by atoms with Crippen LogP contribution in [0.3, 0.4) is 0 Å². The highest BCUT2D eigenvalue weighted by Crippen LogP contribution is 2.28. The number of morpholine rings is 1. The van der Waals surface area contributed by atoms with Gasteiger partial charge < -0.3 is 14.7 Å². The second-order valence-corrected chi connectivity index (χ2v) is 6.02. The zero-order chi connectivity index (χ0) is 15.1. The van der Waals surface area contributed by atoms with Gasteiger partial charge in [0.2, 0.25) is 0 Å². The van der Waals surface area contributed by atoms with Gasteiger partial charge >= 0.3 is 5.97 Å². The summed E-state index contributed by atoms with van der Waals surface area (Å²) in [7, 11) is 1.84. The number of fused-ring (bicyclic) bond motifs is 1. The van der Waals surface area contributed by atoms with Crippen LogP contribution < -0.4 is 0 Å². The Kier molecular flexibility index (Phi) is 3.42. The topological polar surface area (TPSA) is 84.7 Å². The molecule has 112 valence electrons. The number of rotatable bonds is 2. The molecular formula is C13H15N3O4S. The van der Waals surface area contributed by atoms with Crippen LogP contribution in [0.2, 0.25) is 0 Å². The summed E-state index contributed by atoms with van der Waals surface area (Å²) in [6, 6.07) is 1.83. The van der Waals surface area contributed by atoms with Crippen molar-refractivity contribution in [2.75, 3.05) is 19.7 Å². The number of amides is 1. The molecule has 0 aliphatic carbocycles. The Balaban J connectivity index is 1.86. The third-order valence-corrected chi connectivity index (χ3v) is 4.73. The zero-order valence-corrected chi connectivity index (χ0v) is 12.5. The summed E-state index contributed by atoms with van der Waals surface area (Å²) in [6.07, 6.45) is -0.944. The van der Waals surface area contributed by atoms with E-state index in [2.05, 4.69) is 5.10 Å². The van der Waals surface area contributed by atoms with Gasteiger partial charge in [-0.3, -0.25) is 9.48 Å². The van der Waals surface area contributed by atoms with Gasteiger partial charge in [0, 0.05) is 19.0 Å². The number of nitrogens with zero attached hydrogens (tertiary/aromatic N) is 3. The van der Waals surface area contributed by atoms with Crippen LogP contribution in [-0.4, -0.2) is 57.5 Å². The first kappa shape index (κ1) is 14.0. The maximum atomic E-state index is 12.5. The summed E-state index contributed by atoms with van der Waals surface area (Å²) >= 11 is 1.38. The lowest BCUT2D eigenvalue weighted by Crippen LogP contribution is -2.48. The number of aliphatic carboxylic acids is 1. The maximum absolute atomic E-state index is 12.5. The van der Waals surface area contributed by atoms with Crippen molar-refractivity contribution >= 4 is 33.4 Å². The number of aryl methyl sites for hydroxylation is 2. The second kappa shape index (κ2) is 5.12. The van der Waals surface area contributed by atoms with Crippen LogP contribution in [0.25, 0.3) is 10.2 Å². The molecule has 0 unspecified atom stereocenters. The highest BCUT2D eigenvalue weighted by molar-refractivity contribution is 7.20. The van der Waals surface area contributed by atoms with E-state index >= 15 is 0 Å². The van der Waals surface area contributed by atoms with Crippen LogP contribution in [0.1, 0.15) is 15.4 Å². The summed E-state index contributed by atoms with van der Waals surface area (Å²) in [5, 5.41) is 14.3. The third kappa shape index (κ3) is 2.40. The predicted molar refractivity (Wildman–Crippen MR) is 76.6 cm³/mol. The average Bonchev–Trinajstić information content (AvgIpc) is 3.01. The smallest absolute Gasteiger partial charge is 0.334 e. The van der Waals surface area contributed by atoms with Crippen LogP contribution >= 0.6 is 11.3 Å². The quantitative estimate of drug-likeness (QED) is 0.890. The number of hydrogen-bond donors (Lipinski definition) is 1. The van der Waals surface area contributed by atoms with E-state index in [1.165, 1.54) is 16.2 Å². The molecule has 0 spiro atoms. The molecule has 1 aliphatic heterocycles. The fourth-order valence-electron chi connectivity index (χ4n) is 2.45. The van der Waals surface area contributed by atoms with E-state index < -0.39 is 12.1 Å². The van der Waals surface area contributed by atoms with Gasteiger partial charge in [-0.25, -0.2) is 4.79 Å². The average molecular weight is 309 g/mol. The van der Waals surface area contributed by atoms with Crippen molar-refractivity contribution < 1.29 is 19.4 Å². The Hall–Kier alpha value is -1.93. The normalized spacial score (nSPS) is 19.1. The maximum Gasteiger partial charge on any atom is 0.334 e. The Morgan fingerprint density at radius 3 is 2.95 bits per heavy atom. The van der Waals surface area contributed by atoms with Crippen molar-refractivity contribution in [2.45, 2.75) is 13.0 Å². The van der Waals surface area contributed by atoms with E-state index in [0.29, 0.717) is 11.4 Å². The molecule has 0 bridgehead atoms. The van der Waals surface area contributed by atoms with E-state index in [1.54, 1.807) is 4.68 Å². The first-order valence-corrected chi connectivity index (χ1v) is 7.36. The SMILES string of the molecule is Cc1nn(C)c2sc(C(=O)N3CCO[C@H](C(=O)O)C3)cc12. The minimum Gasteiger partial charge on any atom is -0.479 e. The summed E-state index contributed by atoms with van der Waals surface area (Å²) in [4.78, 5) is 26.6. The minimum absolute atomic E-state index is 0.0830. The van der Waals surface area contributed by atoms with Gasteiger partial charge in [0.05, 0.1) is 23.7 Å². The number of thiophene rings is 1. The highest BCUT2D eigenvalue weighted by Gasteiger charge is 2.30. The van der Waals surface area contributed by atoms with Gasteiger partial charge in [-0.1, -0.05) is 0 Å². The van der Waals surface area contributed by atoms with Gasteiger partial charge in [0.25, 0.3) is 5.91 Å². The van der Waals surface area contributed by atoms with Crippen molar-refractivity contribution in [1.29, 1.82) is 0 Å². The van der Waals surface area contributed by atoms with Crippen molar-refractivity contribution in [3.05, 3.63) is 16.6 Å². The molecule has 8 heteroatoms. The van der Waals surface area contributed by atoms with Crippen molar-refractivity contribution in [2.24, 2.45) is 7.05 Å². The molecule has 1 fully saturated rings. The number of ether oxygens (including phenoxy) is 1. The Bertz CT molecular complexity index is 686. The standard InChI is InChI=1S/C13H15N3O4S/c1-7-8-5-10(21-12(8)15(2)14-7)11(17)16-3-4-20-9(6-16)13(18)19/h5,9H,3-4,6H2,1-2H3,(H,18,19)/t9-/m0/s1. The monoisotopic (exact) mass is 309 g/mol. The molecule has 1 N–H and O–H groups in total. The molecule has 0 radical (unpaired) electrons. The van der Waals surface area contributed by atoms with Crippen LogP contribution in [-0.2, 0) is 16.6 Å². The zero-order valence-electron chi connectivity index (χ0n) is 11.7. The van der Waals surface area contributed by atoms with Crippen molar-refractivity contribution in [1.82, 2.24) is 14.7 Å². The van der Waals surface area contributed by atoms with E-state index in [-0.39, 0.29) is 19.1 Å². The van der Waals surface area contributed by atoms with Gasteiger partial charge in [0.15, 0.2) is 6.10 Å². The van der Waals surface area contributed by atoms with Crippen LogP contribution in [0, 0.1) is 6.92 Å². The minimum atomic E-state index is -1.04. The largest absolute Gasteiger partial charge is 0.479 e. The lowest BCUT2D eigenvalue weighted by Gasteiger charge is -2.30. The molecular weight excluding hydrogens is 294 g/mol. The molecule has 21 heavy (non-hydrogen) atoms. The van der Waals surface area contributed by atoms with Gasteiger partial charge in [-0.15, -0.1) is 11.3 Å². The summed E-state index contributed by atoms with van der Waals surface area (Å²) < 4.78 is 6.89. The lowest BCUT2D eigenvalue weighted by atomic mass is 10.2. The lowest BCUT2D eigenvalue weighted by molar-refractivity contribution is -0.154. The van der Waals surface area contributed by atoms with Gasteiger partial charge in [-0.2, -0.15) is 5.10 Å². The first-order valence-electron chi connectivity index (χ1n) is 6.54. The van der Waals surface area contributed by atoms with E-state index in [4.69, 9.17) is 9.84 Å². The molecule has 7 nitrogen and oxygen atoms in total. The molecule has 0 saturated carbocycles. The molecule has 1 saturated heterocycles. The number of aromatic nitrogens is 2. The number of hydrogen-bond acceptors (Lipinski definition) is 5. The van der Waals surface area contributed by atoms with Crippen molar-refractivity contribution in [3.63, 3.8) is 0 Å². The Morgan fingerprint density at radius 1 is 1.52 bits per heavy atom. The number of carbonyl (C=O) groups is 2. The Labute approximate surface area is 124 Å². The molecule has 2 aromatic rings. The molecule has 3 heterocycles. The summed E-state index contributed by atoms with van der Waals surface area (Å²) in [5.74, 6) is -1.19. The molecule has 3 rings (SSSR count). The van der Waals surface area contributed by atoms with Gasteiger partial charge in [-0.05, 0) is 13.0 Å². The van der Waals surface area contributed by atoms with Crippen molar-refractivity contribution in [3.8, 4) is 0 Å². The van der Waals surface area contributed by atoms with Crippen LogP contribution in [0.5, 0.6) is 0 Å². The van der Waals surface area contributed by atoms with Crippen LogP contribution in [0.4, 0.5) is 0 Å². The first-order chi connectivity index (χ1) is 9.97.